The van der Waals surface area contributed by atoms with Crippen LogP contribution in [0.5, 0.6) is 0 Å². The van der Waals surface area contributed by atoms with Gasteiger partial charge in [0.2, 0.25) is 5.95 Å². The molecule has 1 aliphatic rings. The van der Waals surface area contributed by atoms with Crippen molar-refractivity contribution in [3.8, 4) is 0 Å². The summed E-state index contributed by atoms with van der Waals surface area (Å²) < 4.78 is 1.61. The maximum Gasteiger partial charge on any atom is 0.269 e. The third-order valence-corrected chi connectivity index (χ3v) is 4.11. The van der Waals surface area contributed by atoms with Crippen LogP contribution in [0, 0.1) is 17.0 Å². The van der Waals surface area contributed by atoms with Crippen molar-refractivity contribution in [2.45, 2.75) is 13.0 Å². The van der Waals surface area contributed by atoms with E-state index in [1.807, 2.05) is 43.3 Å². The summed E-state index contributed by atoms with van der Waals surface area (Å²) in [5.41, 5.74) is 3.80. The van der Waals surface area contributed by atoms with Crippen molar-refractivity contribution in [1.82, 2.24) is 20.2 Å². The second kappa shape index (κ2) is 5.82. The number of aryl methyl sites for hydroxylation is 1. The van der Waals surface area contributed by atoms with Crippen LogP contribution in [-0.4, -0.2) is 25.1 Å². The Morgan fingerprint density at radius 2 is 2.00 bits per heavy atom. The van der Waals surface area contributed by atoms with Crippen LogP contribution in [-0.2, 0) is 0 Å². The second-order valence-electron chi connectivity index (χ2n) is 5.82. The molecule has 0 unspecified atom stereocenters. The number of hydrogen-bond donors (Lipinski definition) is 1. The zero-order chi connectivity index (χ0) is 17.4. The van der Waals surface area contributed by atoms with Gasteiger partial charge in [0.25, 0.3) is 5.69 Å². The number of nitrogens with zero attached hydrogens (tertiary/aromatic N) is 5. The lowest BCUT2D eigenvalue weighted by molar-refractivity contribution is -0.384. The molecule has 0 saturated carbocycles. The zero-order valence-corrected chi connectivity index (χ0v) is 13.3. The molecule has 0 amide bonds. The Morgan fingerprint density at radius 3 is 2.76 bits per heavy atom. The predicted octanol–water partition coefficient (Wildman–Crippen LogP) is 2.95. The lowest BCUT2D eigenvalue weighted by Crippen LogP contribution is -2.20. The van der Waals surface area contributed by atoms with E-state index in [1.54, 1.807) is 16.8 Å². The van der Waals surface area contributed by atoms with Gasteiger partial charge in [-0.3, -0.25) is 10.1 Å². The molecule has 0 aliphatic carbocycles. The fourth-order valence-corrected chi connectivity index (χ4v) is 2.82. The normalized spacial score (nSPS) is 15.9. The van der Waals surface area contributed by atoms with E-state index in [2.05, 4.69) is 20.8 Å². The van der Waals surface area contributed by atoms with E-state index in [4.69, 9.17) is 0 Å². The highest BCUT2D eigenvalue weighted by Gasteiger charge is 2.25. The lowest BCUT2D eigenvalue weighted by atomic mass is 10.0. The van der Waals surface area contributed by atoms with E-state index >= 15 is 0 Å². The van der Waals surface area contributed by atoms with E-state index in [0.29, 0.717) is 5.95 Å². The van der Waals surface area contributed by atoms with Crippen LogP contribution in [0.4, 0.5) is 11.6 Å². The number of hydrogen-bond acceptors (Lipinski definition) is 6. The third-order valence-electron chi connectivity index (χ3n) is 4.11. The average molecular weight is 334 g/mol. The van der Waals surface area contributed by atoms with Gasteiger partial charge in [0.05, 0.1) is 4.92 Å². The molecule has 0 radical (unpaired) electrons. The first-order valence-electron chi connectivity index (χ1n) is 7.70. The quantitative estimate of drug-likeness (QED) is 0.584. The molecular weight excluding hydrogens is 320 g/mol. The van der Waals surface area contributed by atoms with Gasteiger partial charge in [0.1, 0.15) is 6.04 Å². The molecule has 4 rings (SSSR count). The number of anilines is 1. The van der Waals surface area contributed by atoms with Crippen LogP contribution in [0.15, 0.2) is 54.6 Å². The summed E-state index contributed by atoms with van der Waals surface area (Å²) in [5, 5.41) is 26.0. The summed E-state index contributed by atoms with van der Waals surface area (Å²) in [6, 6.07) is 14.3. The summed E-state index contributed by atoms with van der Waals surface area (Å²) in [4.78, 5) is 10.7. The minimum Gasteiger partial charge on any atom is -0.323 e. The van der Waals surface area contributed by atoms with Crippen LogP contribution < -0.4 is 5.32 Å². The zero-order valence-electron chi connectivity index (χ0n) is 13.3. The van der Waals surface area contributed by atoms with Gasteiger partial charge >= 0.3 is 0 Å². The van der Waals surface area contributed by atoms with Crippen molar-refractivity contribution in [2.24, 2.45) is 0 Å². The van der Waals surface area contributed by atoms with Crippen LogP contribution in [0.3, 0.4) is 0 Å². The largest absolute Gasteiger partial charge is 0.323 e. The van der Waals surface area contributed by atoms with Crippen molar-refractivity contribution in [2.75, 3.05) is 5.32 Å². The Balaban J connectivity index is 1.81. The van der Waals surface area contributed by atoms with E-state index in [-0.39, 0.29) is 11.7 Å². The fraction of sp³-hybridized carbons (Fsp3) is 0.118. The molecule has 8 heteroatoms. The van der Waals surface area contributed by atoms with E-state index in [1.165, 1.54) is 11.6 Å². The highest BCUT2D eigenvalue weighted by Crippen LogP contribution is 2.32. The van der Waals surface area contributed by atoms with Gasteiger partial charge in [0, 0.05) is 17.8 Å². The van der Waals surface area contributed by atoms with Gasteiger partial charge in [-0.25, -0.2) is 0 Å². The number of rotatable bonds is 3. The first-order valence-corrected chi connectivity index (χ1v) is 7.70. The Morgan fingerprint density at radius 1 is 1.20 bits per heavy atom. The molecule has 1 aliphatic heterocycles. The first kappa shape index (κ1) is 15.0. The van der Waals surface area contributed by atoms with Crippen LogP contribution in [0.2, 0.25) is 0 Å². The number of fused-ring (bicyclic) bond motifs is 1. The highest BCUT2D eigenvalue weighted by molar-refractivity contribution is 5.77. The average Bonchev–Trinajstić information content (AvgIpc) is 3.10. The monoisotopic (exact) mass is 334 g/mol. The number of nitro benzene ring substituents is 1. The Bertz CT molecular complexity index is 977. The SMILES string of the molecule is Cc1ccc(C2=C[C@@H](c3cccc([N+](=O)[O-])c3)n3nnnc3N2)cc1. The van der Waals surface area contributed by atoms with Gasteiger partial charge < -0.3 is 5.32 Å². The van der Waals surface area contributed by atoms with Gasteiger partial charge in [-0.1, -0.05) is 47.1 Å². The highest BCUT2D eigenvalue weighted by atomic mass is 16.6. The summed E-state index contributed by atoms with van der Waals surface area (Å²) in [7, 11) is 0. The number of aromatic nitrogens is 4. The molecule has 1 N–H and O–H groups in total. The van der Waals surface area contributed by atoms with Crippen LogP contribution in [0.25, 0.3) is 5.70 Å². The van der Waals surface area contributed by atoms with Crippen molar-refractivity contribution < 1.29 is 4.92 Å². The maximum atomic E-state index is 11.1. The van der Waals surface area contributed by atoms with E-state index < -0.39 is 4.92 Å². The van der Waals surface area contributed by atoms with Crippen molar-refractivity contribution in [3.05, 3.63) is 81.4 Å². The van der Waals surface area contributed by atoms with Crippen molar-refractivity contribution in [1.29, 1.82) is 0 Å². The van der Waals surface area contributed by atoms with E-state index in [0.717, 1.165) is 16.8 Å². The second-order valence-corrected chi connectivity index (χ2v) is 5.82. The number of tetrazole rings is 1. The number of nitrogens with one attached hydrogen (secondary N) is 1. The van der Waals surface area contributed by atoms with Gasteiger partial charge in [-0.2, -0.15) is 4.68 Å². The number of allylic oxidation sites excluding steroid dienone is 1. The molecule has 1 aromatic heterocycles. The molecule has 1 atom stereocenters. The number of non-ortho nitro benzene ring substituents is 1. The fourth-order valence-electron chi connectivity index (χ4n) is 2.82. The molecule has 0 bridgehead atoms. The summed E-state index contributed by atoms with van der Waals surface area (Å²) in [6.07, 6.45) is 1.97. The van der Waals surface area contributed by atoms with Crippen molar-refractivity contribution in [3.63, 3.8) is 0 Å². The topological polar surface area (TPSA) is 98.8 Å². The Hall–Kier alpha value is -3.55. The molecule has 8 nitrogen and oxygen atoms in total. The summed E-state index contributed by atoms with van der Waals surface area (Å²) >= 11 is 0. The molecule has 0 spiro atoms. The molecule has 0 saturated heterocycles. The summed E-state index contributed by atoms with van der Waals surface area (Å²) in [6.45, 7) is 2.03. The molecule has 2 aromatic carbocycles. The first-order chi connectivity index (χ1) is 12.1. The Kier molecular flexibility index (Phi) is 3.50. The minimum atomic E-state index is -0.407. The molecule has 3 aromatic rings. The number of benzene rings is 2. The maximum absolute atomic E-state index is 11.1. The standard InChI is InChI=1S/C17H14N6O2/c1-11-5-7-12(8-6-11)15-10-16(22-17(18-15)19-20-21-22)13-3-2-4-14(9-13)23(24)25/h2-10,16H,1H3,(H,18,19,21)/t16-/m0/s1. The van der Waals surface area contributed by atoms with Crippen molar-refractivity contribution >= 4 is 17.3 Å². The molecule has 2 heterocycles. The molecule has 25 heavy (non-hydrogen) atoms. The van der Waals surface area contributed by atoms with Gasteiger partial charge in [0.15, 0.2) is 0 Å². The minimum absolute atomic E-state index is 0.0379. The summed E-state index contributed by atoms with van der Waals surface area (Å²) in [5.74, 6) is 0.495. The smallest absolute Gasteiger partial charge is 0.269 e. The molecular formula is C17H14N6O2. The van der Waals surface area contributed by atoms with Gasteiger partial charge in [-0.05, 0) is 34.6 Å². The third kappa shape index (κ3) is 2.74. The van der Waals surface area contributed by atoms with E-state index in [9.17, 15) is 10.1 Å². The van der Waals surface area contributed by atoms with Crippen LogP contribution >= 0.6 is 0 Å². The number of nitro groups is 1. The molecule has 0 fully saturated rings. The predicted molar refractivity (Wildman–Crippen MR) is 91.8 cm³/mol. The van der Waals surface area contributed by atoms with Crippen LogP contribution in [0.1, 0.15) is 22.7 Å². The lowest BCUT2D eigenvalue weighted by Gasteiger charge is -2.23. The van der Waals surface area contributed by atoms with Gasteiger partial charge in [-0.15, -0.1) is 0 Å². The molecule has 124 valence electrons. The Labute approximate surface area is 142 Å².